The van der Waals surface area contributed by atoms with Crippen LogP contribution >= 0.6 is 0 Å². The molecule has 0 unspecified atom stereocenters. The summed E-state index contributed by atoms with van der Waals surface area (Å²) >= 11 is 0. The standard InChI is InChI=1S/C8H8N2O5S/c1-10(5-7(11)12)16(13,14)8-3-2-6(4-9)15-8/h2-3H,5H2,1H3,(H,11,12). The summed E-state index contributed by atoms with van der Waals surface area (Å²) in [5.41, 5.74) is 0. The first-order valence-electron chi connectivity index (χ1n) is 4.06. The van der Waals surface area contributed by atoms with E-state index in [9.17, 15) is 13.2 Å². The summed E-state index contributed by atoms with van der Waals surface area (Å²) in [7, 11) is -2.88. The average molecular weight is 244 g/mol. The van der Waals surface area contributed by atoms with Gasteiger partial charge in [-0.15, -0.1) is 0 Å². The molecule has 1 N–H and O–H groups in total. The molecule has 0 aromatic carbocycles. The van der Waals surface area contributed by atoms with Crippen molar-refractivity contribution in [2.75, 3.05) is 13.6 Å². The maximum atomic E-state index is 11.7. The lowest BCUT2D eigenvalue weighted by Crippen LogP contribution is -2.31. The highest BCUT2D eigenvalue weighted by Gasteiger charge is 2.26. The SMILES string of the molecule is CN(CC(=O)O)S(=O)(=O)c1ccc(C#N)o1. The number of hydrogen-bond acceptors (Lipinski definition) is 5. The zero-order valence-corrected chi connectivity index (χ0v) is 9.06. The van der Waals surface area contributed by atoms with Crippen molar-refractivity contribution in [3.8, 4) is 6.07 Å². The van der Waals surface area contributed by atoms with Gasteiger partial charge in [-0.2, -0.15) is 9.57 Å². The van der Waals surface area contributed by atoms with E-state index in [2.05, 4.69) is 0 Å². The third-order valence-electron chi connectivity index (χ3n) is 1.71. The maximum absolute atomic E-state index is 11.7. The fourth-order valence-corrected chi connectivity index (χ4v) is 1.97. The van der Waals surface area contributed by atoms with Crippen LogP contribution in [0, 0.1) is 11.3 Å². The Morgan fingerprint density at radius 2 is 2.25 bits per heavy atom. The molecular weight excluding hydrogens is 236 g/mol. The lowest BCUT2D eigenvalue weighted by atomic mass is 10.5. The van der Waals surface area contributed by atoms with Crippen LogP contribution in [0.4, 0.5) is 0 Å². The molecule has 0 aliphatic rings. The second kappa shape index (κ2) is 4.34. The molecule has 86 valence electrons. The Morgan fingerprint density at radius 3 is 2.69 bits per heavy atom. The number of likely N-dealkylation sites (N-methyl/N-ethyl adjacent to an activating group) is 1. The number of carboxylic acids is 1. The van der Waals surface area contributed by atoms with Crippen molar-refractivity contribution in [3.63, 3.8) is 0 Å². The van der Waals surface area contributed by atoms with E-state index in [1.54, 1.807) is 6.07 Å². The molecule has 0 bridgehead atoms. The monoisotopic (exact) mass is 244 g/mol. The van der Waals surface area contributed by atoms with Crippen molar-refractivity contribution >= 4 is 16.0 Å². The highest BCUT2D eigenvalue weighted by atomic mass is 32.2. The van der Waals surface area contributed by atoms with Crippen molar-refractivity contribution in [3.05, 3.63) is 17.9 Å². The van der Waals surface area contributed by atoms with Gasteiger partial charge in [0.25, 0.3) is 10.0 Å². The van der Waals surface area contributed by atoms with Crippen LogP contribution in [-0.2, 0) is 14.8 Å². The predicted octanol–water partition coefficient (Wildman–Crippen LogP) is -0.144. The lowest BCUT2D eigenvalue weighted by Gasteiger charge is -2.11. The molecule has 0 saturated heterocycles. The van der Waals surface area contributed by atoms with Gasteiger partial charge in [-0.05, 0) is 12.1 Å². The fraction of sp³-hybridized carbons (Fsp3) is 0.250. The molecule has 0 fully saturated rings. The van der Waals surface area contributed by atoms with E-state index in [0.29, 0.717) is 4.31 Å². The van der Waals surface area contributed by atoms with Crippen LogP contribution in [0.3, 0.4) is 0 Å². The molecule has 0 amide bonds. The van der Waals surface area contributed by atoms with Gasteiger partial charge in [-0.3, -0.25) is 4.79 Å². The topological polar surface area (TPSA) is 112 Å². The molecule has 0 radical (unpaired) electrons. The average Bonchev–Trinajstić information content (AvgIpc) is 2.65. The van der Waals surface area contributed by atoms with Crippen molar-refractivity contribution < 1.29 is 22.7 Å². The van der Waals surface area contributed by atoms with Crippen LogP contribution in [-0.4, -0.2) is 37.4 Å². The van der Waals surface area contributed by atoms with Crippen LogP contribution in [0.2, 0.25) is 0 Å². The van der Waals surface area contributed by atoms with Crippen molar-refractivity contribution in [2.45, 2.75) is 5.09 Å². The Balaban J connectivity index is 3.03. The zero-order chi connectivity index (χ0) is 12.3. The minimum Gasteiger partial charge on any atom is -0.480 e. The van der Waals surface area contributed by atoms with Crippen molar-refractivity contribution in [2.24, 2.45) is 0 Å². The van der Waals surface area contributed by atoms with Gasteiger partial charge in [0.15, 0.2) is 0 Å². The molecule has 1 aromatic rings. The number of rotatable bonds is 4. The van der Waals surface area contributed by atoms with Gasteiger partial charge in [0.05, 0.1) is 0 Å². The quantitative estimate of drug-likeness (QED) is 0.788. The molecule has 16 heavy (non-hydrogen) atoms. The minimum atomic E-state index is -3.99. The number of aliphatic carboxylic acids is 1. The molecule has 0 aliphatic carbocycles. The number of nitrogens with zero attached hydrogens (tertiary/aromatic N) is 2. The fourth-order valence-electron chi connectivity index (χ4n) is 0.948. The predicted molar refractivity (Wildman–Crippen MR) is 50.9 cm³/mol. The number of sulfonamides is 1. The molecule has 8 heteroatoms. The van der Waals surface area contributed by atoms with E-state index in [-0.39, 0.29) is 5.76 Å². The summed E-state index contributed by atoms with van der Waals surface area (Å²) in [6.07, 6.45) is 0. The molecule has 0 aliphatic heterocycles. The lowest BCUT2D eigenvalue weighted by molar-refractivity contribution is -0.137. The largest absolute Gasteiger partial charge is 0.480 e. The first kappa shape index (κ1) is 12.2. The summed E-state index contributed by atoms with van der Waals surface area (Å²) in [6, 6.07) is 3.93. The van der Waals surface area contributed by atoms with Gasteiger partial charge in [0.2, 0.25) is 10.9 Å². The third-order valence-corrected chi connectivity index (χ3v) is 3.39. The van der Waals surface area contributed by atoms with E-state index in [0.717, 1.165) is 13.1 Å². The number of hydrogen-bond donors (Lipinski definition) is 1. The molecule has 0 spiro atoms. The van der Waals surface area contributed by atoms with Crippen LogP contribution in [0.5, 0.6) is 0 Å². The van der Waals surface area contributed by atoms with Crippen molar-refractivity contribution in [1.29, 1.82) is 5.26 Å². The Hall–Kier alpha value is -1.85. The van der Waals surface area contributed by atoms with E-state index in [1.807, 2.05) is 0 Å². The molecular formula is C8H8N2O5S. The highest BCUT2D eigenvalue weighted by Crippen LogP contribution is 2.16. The first-order chi connectivity index (χ1) is 7.37. The maximum Gasteiger partial charge on any atom is 0.318 e. The molecule has 1 rings (SSSR count). The summed E-state index contributed by atoms with van der Waals surface area (Å²) in [5, 5.41) is 16.5. The summed E-state index contributed by atoms with van der Waals surface area (Å²) < 4.78 is 28.6. The molecule has 7 nitrogen and oxygen atoms in total. The van der Waals surface area contributed by atoms with Gasteiger partial charge < -0.3 is 9.52 Å². The Bertz CT molecular complexity index is 539. The van der Waals surface area contributed by atoms with Gasteiger partial charge >= 0.3 is 5.97 Å². The van der Waals surface area contributed by atoms with Gasteiger partial charge in [0, 0.05) is 7.05 Å². The Kier molecular flexibility index (Phi) is 3.31. The Labute approximate surface area is 91.6 Å². The first-order valence-corrected chi connectivity index (χ1v) is 5.50. The van der Waals surface area contributed by atoms with Gasteiger partial charge in [-0.1, -0.05) is 0 Å². The highest BCUT2D eigenvalue weighted by molar-refractivity contribution is 7.89. The van der Waals surface area contributed by atoms with E-state index in [1.165, 1.54) is 6.07 Å². The van der Waals surface area contributed by atoms with Crippen LogP contribution < -0.4 is 0 Å². The van der Waals surface area contributed by atoms with Crippen LogP contribution in [0.15, 0.2) is 21.6 Å². The number of carbonyl (C=O) groups is 1. The van der Waals surface area contributed by atoms with Gasteiger partial charge in [-0.25, -0.2) is 8.42 Å². The molecule has 0 saturated carbocycles. The Morgan fingerprint density at radius 1 is 1.62 bits per heavy atom. The van der Waals surface area contributed by atoms with Crippen LogP contribution in [0.1, 0.15) is 5.76 Å². The zero-order valence-electron chi connectivity index (χ0n) is 8.24. The second-order valence-electron chi connectivity index (χ2n) is 2.89. The minimum absolute atomic E-state index is 0.151. The number of nitriles is 1. The molecule has 1 heterocycles. The summed E-state index contributed by atoms with van der Waals surface area (Å²) in [6.45, 7) is -0.676. The van der Waals surface area contributed by atoms with E-state index >= 15 is 0 Å². The van der Waals surface area contributed by atoms with Gasteiger partial charge in [0.1, 0.15) is 12.6 Å². The van der Waals surface area contributed by atoms with Crippen molar-refractivity contribution in [1.82, 2.24) is 4.31 Å². The van der Waals surface area contributed by atoms with E-state index < -0.39 is 27.6 Å². The number of furan rings is 1. The second-order valence-corrected chi connectivity index (χ2v) is 4.86. The number of carboxylic acid groups (broad SMARTS) is 1. The normalized spacial score (nSPS) is 11.3. The van der Waals surface area contributed by atoms with E-state index in [4.69, 9.17) is 14.8 Å². The summed E-state index contributed by atoms with van der Waals surface area (Å²) in [5.74, 6) is -1.43. The molecule has 0 atom stereocenters. The summed E-state index contributed by atoms with van der Waals surface area (Å²) in [4.78, 5) is 10.4. The third kappa shape index (κ3) is 2.39. The molecule has 1 aromatic heterocycles. The van der Waals surface area contributed by atoms with Crippen LogP contribution in [0.25, 0.3) is 0 Å². The smallest absolute Gasteiger partial charge is 0.318 e.